The first kappa shape index (κ1) is 31.8. The zero-order chi connectivity index (χ0) is 37.5. The fourth-order valence-corrected chi connectivity index (χ4v) is 9.36. The molecule has 0 aliphatic heterocycles. The zero-order valence-electron chi connectivity index (χ0n) is 31.0. The first-order chi connectivity index (χ1) is 28.3. The second kappa shape index (κ2) is 12.5. The molecule has 0 saturated heterocycles. The van der Waals surface area contributed by atoms with Crippen LogP contribution in [0.2, 0.25) is 0 Å². The van der Waals surface area contributed by atoms with E-state index in [-0.39, 0.29) is 0 Å². The monoisotopic (exact) mass is 722 g/mol. The molecule has 12 rings (SSSR count). The first-order valence-corrected chi connectivity index (χ1v) is 19.6. The van der Waals surface area contributed by atoms with Gasteiger partial charge in [-0.05, 0) is 114 Å². The molecule has 2 aromatic heterocycles. The molecule has 57 heavy (non-hydrogen) atoms. The van der Waals surface area contributed by atoms with E-state index in [0.29, 0.717) is 0 Å². The van der Waals surface area contributed by atoms with Crippen LogP contribution < -0.4 is 0 Å². The number of fused-ring (bicyclic) bond motifs is 8. The van der Waals surface area contributed by atoms with Crippen molar-refractivity contribution in [1.29, 1.82) is 0 Å². The van der Waals surface area contributed by atoms with E-state index in [9.17, 15) is 0 Å². The molecule has 2 heteroatoms. The Bertz CT molecular complexity index is 3290. The predicted molar refractivity (Wildman–Crippen MR) is 240 cm³/mol. The van der Waals surface area contributed by atoms with E-state index in [1.165, 1.54) is 105 Å². The van der Waals surface area contributed by atoms with Gasteiger partial charge in [-0.1, -0.05) is 158 Å². The fraction of sp³-hybridized carbons (Fsp3) is 0. The minimum absolute atomic E-state index is 1.12. The van der Waals surface area contributed by atoms with Gasteiger partial charge in [0.25, 0.3) is 0 Å². The third-order valence-electron chi connectivity index (χ3n) is 12.0. The molecule has 0 N–H and O–H groups in total. The van der Waals surface area contributed by atoms with Crippen LogP contribution in [0.4, 0.5) is 0 Å². The van der Waals surface area contributed by atoms with Gasteiger partial charge in [0.05, 0.1) is 11.0 Å². The number of hydrogen-bond donors (Lipinski definition) is 0. The van der Waals surface area contributed by atoms with Crippen molar-refractivity contribution in [3.05, 3.63) is 207 Å². The van der Waals surface area contributed by atoms with Crippen LogP contribution in [0.25, 0.3) is 116 Å². The van der Waals surface area contributed by atoms with Crippen molar-refractivity contribution < 1.29 is 0 Å². The second-order valence-electron chi connectivity index (χ2n) is 15.1. The van der Waals surface area contributed by atoms with Crippen molar-refractivity contribution in [3.8, 4) is 72.4 Å². The zero-order valence-corrected chi connectivity index (χ0v) is 31.0. The smallest absolute Gasteiger partial charge is 0.0620 e. The summed E-state index contributed by atoms with van der Waals surface area (Å²) in [5.74, 6) is 0. The summed E-state index contributed by atoms with van der Waals surface area (Å²) in [6, 6.07) is 71.3. The van der Waals surface area contributed by atoms with Crippen LogP contribution in [-0.4, -0.2) is 9.55 Å². The van der Waals surface area contributed by atoms with Gasteiger partial charge in [-0.2, -0.15) is 0 Å². The standard InChI is InChI=1S/C55H34N2/c1-3-10-35(11-4-1)41-30-42(36-12-5-2-6-13-36)32-43(31-41)57-53-27-23-39(33-52(53)51-24-22-40-34-56-29-28-45(40)55(51)57)37-18-20-38(21-19-37)44-25-26-50-47-15-8-7-14-46(47)49-17-9-16-48(44)54(49)50/h1-34H. The summed E-state index contributed by atoms with van der Waals surface area (Å²) in [4.78, 5) is 4.49. The highest BCUT2D eigenvalue weighted by atomic mass is 15.0. The van der Waals surface area contributed by atoms with Gasteiger partial charge in [0.2, 0.25) is 0 Å². The van der Waals surface area contributed by atoms with Crippen molar-refractivity contribution in [3.63, 3.8) is 0 Å². The summed E-state index contributed by atoms with van der Waals surface area (Å²) in [7, 11) is 0. The average molecular weight is 723 g/mol. The Morgan fingerprint density at radius 3 is 1.68 bits per heavy atom. The fourth-order valence-electron chi connectivity index (χ4n) is 9.36. The largest absolute Gasteiger partial charge is 0.309 e. The van der Waals surface area contributed by atoms with Crippen LogP contribution in [-0.2, 0) is 0 Å². The molecule has 2 nitrogen and oxygen atoms in total. The van der Waals surface area contributed by atoms with Crippen LogP contribution in [0.3, 0.4) is 0 Å². The van der Waals surface area contributed by atoms with E-state index in [2.05, 4.69) is 204 Å². The summed E-state index contributed by atoms with van der Waals surface area (Å²) >= 11 is 0. The van der Waals surface area contributed by atoms with Crippen LogP contribution in [0.5, 0.6) is 0 Å². The lowest BCUT2D eigenvalue weighted by Gasteiger charge is -2.15. The molecule has 2 heterocycles. The number of pyridine rings is 1. The van der Waals surface area contributed by atoms with E-state index < -0.39 is 0 Å². The molecule has 9 aromatic carbocycles. The Morgan fingerprint density at radius 2 is 0.947 bits per heavy atom. The Kier molecular flexibility index (Phi) is 6.96. The summed E-state index contributed by atoms with van der Waals surface area (Å²) in [5.41, 5.74) is 18.4. The predicted octanol–water partition coefficient (Wildman–Crippen LogP) is 14.8. The molecule has 11 aromatic rings. The second-order valence-corrected chi connectivity index (χ2v) is 15.1. The highest BCUT2D eigenvalue weighted by Crippen LogP contribution is 2.49. The topological polar surface area (TPSA) is 17.8 Å². The maximum absolute atomic E-state index is 4.49. The SMILES string of the molecule is c1ccc(-c2cc(-c3ccccc3)cc(-n3c4ccc(-c5ccc(-c6ccc7c8c(cccc68)-c6ccccc6-7)cc5)cc4c4ccc5cnccc5c43)c2)cc1. The number of rotatable bonds is 5. The average Bonchev–Trinajstić information content (AvgIpc) is 3.81. The number of aromatic nitrogens is 2. The molecular weight excluding hydrogens is 689 g/mol. The molecule has 0 fully saturated rings. The minimum Gasteiger partial charge on any atom is -0.309 e. The lowest BCUT2D eigenvalue weighted by atomic mass is 9.93. The molecule has 0 spiro atoms. The maximum Gasteiger partial charge on any atom is 0.0620 e. The van der Waals surface area contributed by atoms with Gasteiger partial charge in [-0.25, -0.2) is 0 Å². The van der Waals surface area contributed by atoms with Gasteiger partial charge in [-0.3, -0.25) is 4.98 Å². The summed E-state index contributed by atoms with van der Waals surface area (Å²) < 4.78 is 2.46. The molecule has 264 valence electrons. The Hall–Kier alpha value is -7.55. The number of hydrogen-bond acceptors (Lipinski definition) is 1. The molecule has 0 bridgehead atoms. The summed E-state index contributed by atoms with van der Waals surface area (Å²) in [6.07, 6.45) is 3.88. The molecule has 1 aliphatic carbocycles. The lowest BCUT2D eigenvalue weighted by molar-refractivity contribution is 1.19. The molecule has 0 radical (unpaired) electrons. The minimum atomic E-state index is 1.12. The van der Waals surface area contributed by atoms with Crippen LogP contribution >= 0.6 is 0 Å². The summed E-state index contributed by atoms with van der Waals surface area (Å²) in [6.45, 7) is 0. The number of benzene rings is 9. The third kappa shape index (κ3) is 4.94. The van der Waals surface area contributed by atoms with E-state index in [4.69, 9.17) is 0 Å². The quantitative estimate of drug-likeness (QED) is 0.173. The molecule has 0 atom stereocenters. The Balaban J connectivity index is 1.02. The normalized spacial score (nSPS) is 11.9. The van der Waals surface area contributed by atoms with Crippen molar-refractivity contribution in [2.24, 2.45) is 0 Å². The van der Waals surface area contributed by atoms with Gasteiger partial charge in [0, 0.05) is 39.6 Å². The van der Waals surface area contributed by atoms with E-state index in [1.807, 2.05) is 12.4 Å². The van der Waals surface area contributed by atoms with Gasteiger partial charge >= 0.3 is 0 Å². The van der Waals surface area contributed by atoms with Crippen LogP contribution in [0, 0.1) is 0 Å². The van der Waals surface area contributed by atoms with Gasteiger partial charge in [0.15, 0.2) is 0 Å². The molecule has 0 unspecified atom stereocenters. The molecular formula is C55H34N2. The van der Waals surface area contributed by atoms with Gasteiger partial charge in [0.1, 0.15) is 0 Å². The first-order valence-electron chi connectivity index (χ1n) is 19.6. The Labute approximate surface area is 330 Å². The van der Waals surface area contributed by atoms with Crippen LogP contribution in [0.1, 0.15) is 0 Å². The van der Waals surface area contributed by atoms with Crippen LogP contribution in [0.15, 0.2) is 207 Å². The molecule has 1 aliphatic rings. The van der Waals surface area contributed by atoms with Crippen molar-refractivity contribution in [2.45, 2.75) is 0 Å². The van der Waals surface area contributed by atoms with Gasteiger partial charge < -0.3 is 4.57 Å². The van der Waals surface area contributed by atoms with E-state index in [0.717, 1.165) is 11.1 Å². The third-order valence-corrected chi connectivity index (χ3v) is 12.0. The number of nitrogens with zero attached hydrogens (tertiary/aromatic N) is 2. The van der Waals surface area contributed by atoms with E-state index in [1.54, 1.807) is 0 Å². The van der Waals surface area contributed by atoms with Crippen molar-refractivity contribution in [1.82, 2.24) is 9.55 Å². The highest BCUT2D eigenvalue weighted by Gasteiger charge is 2.22. The highest BCUT2D eigenvalue weighted by molar-refractivity contribution is 6.20. The van der Waals surface area contributed by atoms with E-state index >= 15 is 0 Å². The maximum atomic E-state index is 4.49. The molecule has 0 amide bonds. The molecule has 0 saturated carbocycles. The Morgan fingerprint density at radius 1 is 0.333 bits per heavy atom. The summed E-state index contributed by atoms with van der Waals surface area (Å²) in [5, 5.41) is 7.42. The van der Waals surface area contributed by atoms with Crippen molar-refractivity contribution >= 4 is 43.4 Å². The van der Waals surface area contributed by atoms with Crippen molar-refractivity contribution in [2.75, 3.05) is 0 Å². The lowest BCUT2D eigenvalue weighted by Crippen LogP contribution is -1.97. The van der Waals surface area contributed by atoms with Gasteiger partial charge in [-0.15, -0.1) is 0 Å².